The van der Waals surface area contributed by atoms with Crippen molar-refractivity contribution in [2.45, 2.75) is 6.61 Å². The van der Waals surface area contributed by atoms with E-state index >= 15 is 0 Å². The molecule has 0 saturated carbocycles. The highest BCUT2D eigenvalue weighted by Gasteiger charge is 2.03. The molecule has 21 heavy (non-hydrogen) atoms. The third-order valence-electron chi connectivity index (χ3n) is 2.77. The summed E-state index contributed by atoms with van der Waals surface area (Å²) in [6.07, 6.45) is 0. The maximum atomic E-state index is 13.1. The summed E-state index contributed by atoms with van der Waals surface area (Å²) in [6, 6.07) is 11.4. The molecule has 0 aliphatic rings. The van der Waals surface area contributed by atoms with Crippen LogP contribution in [0.4, 0.5) is 4.39 Å². The number of halogens is 1. The van der Waals surface area contributed by atoms with Crippen molar-refractivity contribution in [2.24, 2.45) is 0 Å². The molecule has 2 rings (SSSR count). The van der Waals surface area contributed by atoms with Crippen LogP contribution in [0.1, 0.15) is 11.1 Å². The highest BCUT2D eigenvalue weighted by molar-refractivity contribution is 5.48. The standard InChI is InChI=1S/C17H15FO3/c1-20-17-8-7-13(10-14(17)4-3-9-19)12-21-16-6-2-5-15(18)11-16/h2,5-8,10-11,19H,9,12H2,1H3. The van der Waals surface area contributed by atoms with Gasteiger partial charge in [-0.1, -0.05) is 24.0 Å². The summed E-state index contributed by atoms with van der Waals surface area (Å²) < 4.78 is 23.8. The lowest BCUT2D eigenvalue weighted by atomic mass is 10.1. The van der Waals surface area contributed by atoms with E-state index in [2.05, 4.69) is 11.8 Å². The lowest BCUT2D eigenvalue weighted by Crippen LogP contribution is -1.97. The average Bonchev–Trinajstić information content (AvgIpc) is 2.51. The second-order valence-corrected chi connectivity index (χ2v) is 4.24. The van der Waals surface area contributed by atoms with Crippen molar-refractivity contribution in [1.29, 1.82) is 0 Å². The van der Waals surface area contributed by atoms with Crippen LogP contribution in [0.3, 0.4) is 0 Å². The first kappa shape index (κ1) is 14.9. The van der Waals surface area contributed by atoms with Gasteiger partial charge in [0, 0.05) is 6.07 Å². The second kappa shape index (κ2) is 7.32. The topological polar surface area (TPSA) is 38.7 Å². The number of benzene rings is 2. The van der Waals surface area contributed by atoms with Crippen LogP contribution < -0.4 is 9.47 Å². The van der Waals surface area contributed by atoms with Crippen molar-refractivity contribution in [3.05, 3.63) is 59.4 Å². The van der Waals surface area contributed by atoms with Crippen LogP contribution in [-0.2, 0) is 6.61 Å². The molecular weight excluding hydrogens is 271 g/mol. The van der Waals surface area contributed by atoms with Crippen LogP contribution in [0, 0.1) is 17.7 Å². The third-order valence-corrected chi connectivity index (χ3v) is 2.77. The van der Waals surface area contributed by atoms with E-state index in [9.17, 15) is 4.39 Å². The first-order valence-electron chi connectivity index (χ1n) is 6.38. The summed E-state index contributed by atoms with van der Waals surface area (Å²) in [5.74, 6) is 6.16. The Morgan fingerprint density at radius 1 is 1.19 bits per heavy atom. The summed E-state index contributed by atoms with van der Waals surface area (Å²) >= 11 is 0. The number of aliphatic hydroxyl groups is 1. The van der Waals surface area contributed by atoms with Crippen LogP contribution >= 0.6 is 0 Å². The molecule has 0 bridgehead atoms. The zero-order valence-corrected chi connectivity index (χ0v) is 11.6. The highest BCUT2D eigenvalue weighted by Crippen LogP contribution is 2.20. The van der Waals surface area contributed by atoms with Crippen molar-refractivity contribution >= 4 is 0 Å². The molecule has 0 heterocycles. The Balaban J connectivity index is 2.13. The van der Waals surface area contributed by atoms with Gasteiger partial charge in [-0.3, -0.25) is 0 Å². The number of ether oxygens (including phenoxy) is 2. The molecule has 0 radical (unpaired) electrons. The number of aliphatic hydroxyl groups excluding tert-OH is 1. The van der Waals surface area contributed by atoms with Gasteiger partial charge in [-0.2, -0.15) is 0 Å². The Morgan fingerprint density at radius 2 is 2.05 bits per heavy atom. The lowest BCUT2D eigenvalue weighted by molar-refractivity contribution is 0.304. The zero-order valence-electron chi connectivity index (χ0n) is 11.6. The maximum absolute atomic E-state index is 13.1. The molecule has 0 unspecified atom stereocenters. The Morgan fingerprint density at radius 3 is 2.76 bits per heavy atom. The minimum absolute atomic E-state index is 0.215. The van der Waals surface area contributed by atoms with Crippen LogP contribution in [0.2, 0.25) is 0 Å². The maximum Gasteiger partial charge on any atom is 0.134 e. The van der Waals surface area contributed by atoms with E-state index in [1.54, 1.807) is 25.3 Å². The smallest absolute Gasteiger partial charge is 0.134 e. The molecule has 4 heteroatoms. The van der Waals surface area contributed by atoms with E-state index in [0.717, 1.165) is 5.56 Å². The predicted molar refractivity (Wildman–Crippen MR) is 77.7 cm³/mol. The van der Waals surface area contributed by atoms with Gasteiger partial charge in [0.2, 0.25) is 0 Å². The van der Waals surface area contributed by atoms with Crippen LogP contribution in [0.15, 0.2) is 42.5 Å². The van der Waals surface area contributed by atoms with E-state index in [-0.39, 0.29) is 12.4 Å². The highest BCUT2D eigenvalue weighted by atomic mass is 19.1. The van der Waals surface area contributed by atoms with Gasteiger partial charge in [-0.15, -0.1) is 0 Å². The molecule has 2 aromatic rings. The van der Waals surface area contributed by atoms with Crippen LogP contribution in [0.5, 0.6) is 11.5 Å². The van der Waals surface area contributed by atoms with Crippen molar-refractivity contribution < 1.29 is 19.0 Å². The molecule has 0 aliphatic heterocycles. The minimum Gasteiger partial charge on any atom is -0.495 e. The number of hydrogen-bond acceptors (Lipinski definition) is 3. The van der Waals surface area contributed by atoms with Crippen LogP contribution in [0.25, 0.3) is 0 Å². The third kappa shape index (κ3) is 4.23. The normalized spacial score (nSPS) is 9.67. The summed E-state index contributed by atoms with van der Waals surface area (Å²) in [5.41, 5.74) is 1.55. The lowest BCUT2D eigenvalue weighted by Gasteiger charge is -2.09. The fourth-order valence-electron chi connectivity index (χ4n) is 1.80. The largest absolute Gasteiger partial charge is 0.495 e. The van der Waals surface area contributed by atoms with E-state index in [1.165, 1.54) is 12.1 Å². The van der Waals surface area contributed by atoms with Crippen molar-refractivity contribution in [1.82, 2.24) is 0 Å². The van der Waals surface area contributed by atoms with E-state index in [4.69, 9.17) is 14.6 Å². The first-order chi connectivity index (χ1) is 10.2. The monoisotopic (exact) mass is 286 g/mol. The van der Waals surface area contributed by atoms with Crippen molar-refractivity contribution in [3.8, 4) is 23.3 Å². The average molecular weight is 286 g/mol. The molecule has 0 aliphatic carbocycles. The fourth-order valence-corrected chi connectivity index (χ4v) is 1.80. The summed E-state index contributed by atoms with van der Waals surface area (Å²) in [5, 5.41) is 8.76. The molecule has 0 saturated heterocycles. The van der Waals surface area contributed by atoms with Gasteiger partial charge >= 0.3 is 0 Å². The summed E-state index contributed by atoms with van der Waals surface area (Å²) in [6.45, 7) is 0.0778. The Hall–Kier alpha value is -2.51. The molecule has 108 valence electrons. The predicted octanol–water partition coefficient (Wildman–Crippen LogP) is 2.76. The molecule has 0 spiro atoms. The first-order valence-corrected chi connectivity index (χ1v) is 6.38. The second-order valence-electron chi connectivity index (χ2n) is 4.24. The Kier molecular flexibility index (Phi) is 5.19. The number of methoxy groups -OCH3 is 1. The Bertz CT molecular complexity index is 671. The molecule has 0 amide bonds. The van der Waals surface area contributed by atoms with E-state index in [1.807, 2.05) is 12.1 Å². The van der Waals surface area contributed by atoms with Gasteiger partial charge in [0.15, 0.2) is 0 Å². The quantitative estimate of drug-likeness (QED) is 0.878. The summed E-state index contributed by atoms with van der Waals surface area (Å²) in [7, 11) is 1.56. The van der Waals surface area contributed by atoms with Crippen molar-refractivity contribution in [3.63, 3.8) is 0 Å². The van der Waals surface area contributed by atoms with Gasteiger partial charge < -0.3 is 14.6 Å². The molecule has 0 aromatic heterocycles. The van der Waals surface area contributed by atoms with Crippen molar-refractivity contribution in [2.75, 3.05) is 13.7 Å². The van der Waals surface area contributed by atoms with Gasteiger partial charge in [0.05, 0.1) is 12.7 Å². The summed E-state index contributed by atoms with van der Waals surface area (Å²) in [4.78, 5) is 0. The minimum atomic E-state index is -0.336. The van der Waals surface area contributed by atoms with Gasteiger partial charge in [-0.05, 0) is 29.8 Å². The zero-order chi connectivity index (χ0) is 15.1. The van der Waals surface area contributed by atoms with E-state index < -0.39 is 0 Å². The molecule has 1 N–H and O–H groups in total. The van der Waals surface area contributed by atoms with Gasteiger partial charge in [-0.25, -0.2) is 4.39 Å². The molecule has 3 nitrogen and oxygen atoms in total. The molecule has 0 atom stereocenters. The SMILES string of the molecule is COc1ccc(COc2cccc(F)c2)cc1C#CCO. The molecular formula is C17H15FO3. The number of rotatable bonds is 4. The fraction of sp³-hybridized carbons (Fsp3) is 0.176. The Labute approximate surface area is 122 Å². The molecule has 0 fully saturated rings. The number of hydrogen-bond donors (Lipinski definition) is 1. The van der Waals surface area contributed by atoms with Crippen LogP contribution in [-0.4, -0.2) is 18.8 Å². The molecule has 2 aromatic carbocycles. The van der Waals surface area contributed by atoms with E-state index in [0.29, 0.717) is 23.7 Å². The van der Waals surface area contributed by atoms with Gasteiger partial charge in [0.25, 0.3) is 0 Å². The van der Waals surface area contributed by atoms with Gasteiger partial charge in [0.1, 0.15) is 30.5 Å².